The molecule has 0 aromatic heterocycles. The summed E-state index contributed by atoms with van der Waals surface area (Å²) < 4.78 is 0. The number of hydrogen-bond donors (Lipinski definition) is 0. The topological polar surface area (TPSA) is 40.6 Å². The van der Waals surface area contributed by atoms with Crippen molar-refractivity contribution in [2.75, 3.05) is 27.2 Å². The monoisotopic (exact) mass is 214 g/mol. The highest BCUT2D eigenvalue weighted by atomic mass is 16.2. The lowest BCUT2D eigenvalue weighted by Crippen LogP contribution is -2.36. The average molecular weight is 214 g/mol. The van der Waals surface area contributed by atoms with E-state index in [-0.39, 0.29) is 11.8 Å². The highest BCUT2D eigenvalue weighted by Crippen LogP contribution is 2.02. The smallest absolute Gasteiger partial charge is 0.222 e. The van der Waals surface area contributed by atoms with Crippen molar-refractivity contribution in [3.05, 3.63) is 0 Å². The van der Waals surface area contributed by atoms with Gasteiger partial charge in [0, 0.05) is 40.5 Å². The lowest BCUT2D eigenvalue weighted by atomic mass is 10.1. The van der Waals surface area contributed by atoms with Gasteiger partial charge in [-0.2, -0.15) is 0 Å². The van der Waals surface area contributed by atoms with E-state index in [1.807, 2.05) is 13.8 Å². The molecule has 0 unspecified atom stereocenters. The van der Waals surface area contributed by atoms with E-state index in [1.165, 1.54) is 6.92 Å². The number of carbonyl (C=O) groups excluding carboxylic acids is 2. The summed E-state index contributed by atoms with van der Waals surface area (Å²) in [5, 5.41) is 0. The van der Waals surface area contributed by atoms with E-state index >= 15 is 0 Å². The maximum absolute atomic E-state index is 11.6. The molecule has 0 heterocycles. The molecule has 0 aliphatic rings. The van der Waals surface area contributed by atoms with E-state index in [0.29, 0.717) is 25.4 Å². The largest absolute Gasteiger partial charge is 0.344 e. The van der Waals surface area contributed by atoms with Gasteiger partial charge in [0.05, 0.1) is 0 Å². The summed E-state index contributed by atoms with van der Waals surface area (Å²) in [7, 11) is 3.52. The molecule has 15 heavy (non-hydrogen) atoms. The molecule has 0 aromatic carbocycles. The molecule has 0 atom stereocenters. The number of nitrogens with zero attached hydrogens (tertiary/aromatic N) is 2. The van der Waals surface area contributed by atoms with Crippen molar-refractivity contribution >= 4 is 11.8 Å². The van der Waals surface area contributed by atoms with Crippen LogP contribution in [0.5, 0.6) is 0 Å². The van der Waals surface area contributed by atoms with Gasteiger partial charge in [-0.05, 0) is 5.92 Å². The van der Waals surface area contributed by atoms with Crippen LogP contribution in [0.4, 0.5) is 0 Å². The minimum atomic E-state index is 0.0275. The van der Waals surface area contributed by atoms with Crippen LogP contribution in [0, 0.1) is 5.92 Å². The first-order valence-corrected chi connectivity index (χ1v) is 5.30. The Bertz CT molecular complexity index is 227. The van der Waals surface area contributed by atoms with Crippen LogP contribution in [0.1, 0.15) is 27.2 Å². The Morgan fingerprint density at radius 2 is 1.53 bits per heavy atom. The Balaban J connectivity index is 3.87. The predicted octanol–water partition coefficient (Wildman–Crippen LogP) is 0.969. The number of likely N-dealkylation sites (N-methyl/N-ethyl adjacent to an activating group) is 2. The molecule has 0 saturated carbocycles. The van der Waals surface area contributed by atoms with Crippen LogP contribution in [-0.4, -0.2) is 48.8 Å². The Morgan fingerprint density at radius 3 is 1.93 bits per heavy atom. The van der Waals surface area contributed by atoms with E-state index < -0.39 is 0 Å². The standard InChI is InChI=1S/C11H22N2O2/c1-9(2)8-11(15)13(5)7-6-12(4)10(3)14/h9H,6-8H2,1-5H3. The highest BCUT2D eigenvalue weighted by molar-refractivity contribution is 5.76. The van der Waals surface area contributed by atoms with E-state index in [4.69, 9.17) is 0 Å². The van der Waals surface area contributed by atoms with Crippen LogP contribution in [0.2, 0.25) is 0 Å². The van der Waals surface area contributed by atoms with Crippen molar-refractivity contribution < 1.29 is 9.59 Å². The van der Waals surface area contributed by atoms with Crippen molar-refractivity contribution in [3.63, 3.8) is 0 Å². The summed E-state index contributed by atoms with van der Waals surface area (Å²) in [5.41, 5.74) is 0. The van der Waals surface area contributed by atoms with E-state index in [1.54, 1.807) is 23.9 Å². The molecular formula is C11H22N2O2. The van der Waals surface area contributed by atoms with Gasteiger partial charge in [-0.15, -0.1) is 0 Å². The first-order chi connectivity index (χ1) is 6.84. The molecule has 0 aliphatic heterocycles. The van der Waals surface area contributed by atoms with Crippen LogP contribution in [0.15, 0.2) is 0 Å². The van der Waals surface area contributed by atoms with Gasteiger partial charge in [0.1, 0.15) is 0 Å². The SMILES string of the molecule is CC(=O)N(C)CCN(C)C(=O)CC(C)C. The molecule has 0 saturated heterocycles. The Morgan fingerprint density at radius 1 is 1.07 bits per heavy atom. The van der Waals surface area contributed by atoms with Gasteiger partial charge in [-0.1, -0.05) is 13.8 Å². The van der Waals surface area contributed by atoms with Crippen LogP contribution in [0.3, 0.4) is 0 Å². The fraction of sp³-hybridized carbons (Fsp3) is 0.818. The summed E-state index contributed by atoms with van der Waals surface area (Å²) in [5.74, 6) is 0.548. The van der Waals surface area contributed by atoms with Gasteiger partial charge < -0.3 is 9.80 Å². The van der Waals surface area contributed by atoms with Gasteiger partial charge in [0.25, 0.3) is 0 Å². The number of rotatable bonds is 5. The van der Waals surface area contributed by atoms with Crippen molar-refractivity contribution in [3.8, 4) is 0 Å². The molecule has 0 aliphatic carbocycles. The van der Waals surface area contributed by atoms with Crippen LogP contribution < -0.4 is 0 Å². The number of carbonyl (C=O) groups is 2. The Hall–Kier alpha value is -1.06. The summed E-state index contributed by atoms with van der Waals surface area (Å²) in [6.07, 6.45) is 0.570. The highest BCUT2D eigenvalue weighted by Gasteiger charge is 2.11. The molecule has 0 spiro atoms. The average Bonchev–Trinajstić information content (AvgIpc) is 2.12. The molecule has 0 rings (SSSR count). The van der Waals surface area contributed by atoms with Crippen LogP contribution in [-0.2, 0) is 9.59 Å². The quantitative estimate of drug-likeness (QED) is 0.684. The summed E-state index contributed by atoms with van der Waals surface area (Å²) in [6, 6.07) is 0. The molecule has 0 aromatic rings. The lowest BCUT2D eigenvalue weighted by Gasteiger charge is -2.22. The maximum atomic E-state index is 11.6. The van der Waals surface area contributed by atoms with Gasteiger partial charge in [-0.25, -0.2) is 0 Å². The van der Waals surface area contributed by atoms with Crippen molar-refractivity contribution in [1.82, 2.24) is 9.80 Å². The lowest BCUT2D eigenvalue weighted by molar-refractivity contribution is -0.133. The summed E-state index contributed by atoms with van der Waals surface area (Å²) in [4.78, 5) is 25.8. The molecule has 4 nitrogen and oxygen atoms in total. The molecular weight excluding hydrogens is 192 g/mol. The second kappa shape index (κ2) is 6.43. The minimum Gasteiger partial charge on any atom is -0.344 e. The third-order valence-corrected chi connectivity index (χ3v) is 2.32. The van der Waals surface area contributed by atoms with Crippen LogP contribution >= 0.6 is 0 Å². The first kappa shape index (κ1) is 13.9. The van der Waals surface area contributed by atoms with Crippen molar-refractivity contribution in [2.24, 2.45) is 5.92 Å². The number of amides is 2. The second-order valence-electron chi connectivity index (χ2n) is 4.35. The molecule has 0 N–H and O–H groups in total. The molecule has 2 amide bonds. The van der Waals surface area contributed by atoms with Gasteiger partial charge >= 0.3 is 0 Å². The fourth-order valence-corrected chi connectivity index (χ4v) is 1.09. The Kier molecular flexibility index (Phi) is 5.97. The van der Waals surface area contributed by atoms with Gasteiger partial charge in [0.2, 0.25) is 11.8 Å². The minimum absolute atomic E-state index is 0.0275. The normalized spacial score (nSPS) is 10.3. The number of hydrogen-bond acceptors (Lipinski definition) is 2. The van der Waals surface area contributed by atoms with Gasteiger partial charge in [0.15, 0.2) is 0 Å². The Labute approximate surface area is 92.2 Å². The third-order valence-electron chi connectivity index (χ3n) is 2.32. The van der Waals surface area contributed by atoms with Crippen molar-refractivity contribution in [1.29, 1.82) is 0 Å². The molecule has 0 bridgehead atoms. The summed E-state index contributed by atoms with van der Waals surface area (Å²) in [6.45, 7) is 6.76. The van der Waals surface area contributed by atoms with E-state index in [2.05, 4.69) is 0 Å². The zero-order valence-electron chi connectivity index (χ0n) is 10.4. The second-order valence-corrected chi connectivity index (χ2v) is 4.35. The van der Waals surface area contributed by atoms with Gasteiger partial charge in [-0.3, -0.25) is 9.59 Å². The maximum Gasteiger partial charge on any atom is 0.222 e. The predicted molar refractivity (Wildman–Crippen MR) is 60.4 cm³/mol. The molecule has 0 fully saturated rings. The zero-order valence-corrected chi connectivity index (χ0v) is 10.4. The summed E-state index contributed by atoms with van der Waals surface area (Å²) >= 11 is 0. The molecule has 4 heteroatoms. The first-order valence-electron chi connectivity index (χ1n) is 5.30. The van der Waals surface area contributed by atoms with Crippen molar-refractivity contribution in [2.45, 2.75) is 27.2 Å². The third kappa shape index (κ3) is 6.10. The van der Waals surface area contributed by atoms with Crippen LogP contribution in [0.25, 0.3) is 0 Å². The zero-order chi connectivity index (χ0) is 12.0. The van der Waals surface area contributed by atoms with E-state index in [0.717, 1.165) is 0 Å². The fourth-order valence-electron chi connectivity index (χ4n) is 1.09. The molecule has 0 radical (unpaired) electrons. The van der Waals surface area contributed by atoms with E-state index in [9.17, 15) is 9.59 Å². The molecule has 88 valence electrons.